The molecular weight excluding hydrogens is 222 g/mol. The van der Waals surface area contributed by atoms with Gasteiger partial charge in [0.1, 0.15) is 0 Å². The molecule has 1 aromatic carbocycles. The third-order valence-electron chi connectivity index (χ3n) is 3.60. The predicted octanol–water partition coefficient (Wildman–Crippen LogP) is 3.79. The molecule has 0 saturated heterocycles. The van der Waals surface area contributed by atoms with E-state index in [1.165, 1.54) is 19.3 Å². The molecule has 2 rings (SSSR count). The minimum absolute atomic E-state index is 0.207. The lowest BCUT2D eigenvalue weighted by Crippen LogP contribution is -2.37. The molecule has 1 saturated carbocycles. The quantitative estimate of drug-likeness (QED) is 0.737. The number of hydrogen-bond acceptors (Lipinski definition) is 1. The molecular formula is C16H21NO. The highest BCUT2D eigenvalue weighted by Crippen LogP contribution is 2.27. The van der Waals surface area contributed by atoms with Crippen molar-refractivity contribution in [1.82, 2.24) is 0 Å². The SMILES string of the molecule is C=CCN(C(=O)C1CCCCC1)c1ccccc1. The Kier molecular flexibility index (Phi) is 4.57. The van der Waals surface area contributed by atoms with E-state index >= 15 is 0 Å². The molecule has 2 nitrogen and oxygen atoms in total. The van der Waals surface area contributed by atoms with Gasteiger partial charge in [0, 0.05) is 18.2 Å². The summed E-state index contributed by atoms with van der Waals surface area (Å²) in [6.07, 6.45) is 7.53. The molecule has 0 aromatic heterocycles. The summed E-state index contributed by atoms with van der Waals surface area (Å²) in [5.74, 6) is 0.472. The Balaban J connectivity index is 2.14. The van der Waals surface area contributed by atoms with Crippen LogP contribution in [0.4, 0.5) is 5.69 Å². The van der Waals surface area contributed by atoms with Crippen LogP contribution in [-0.4, -0.2) is 12.5 Å². The van der Waals surface area contributed by atoms with Crippen LogP contribution in [0.2, 0.25) is 0 Å². The highest BCUT2D eigenvalue weighted by molar-refractivity contribution is 5.95. The van der Waals surface area contributed by atoms with E-state index in [4.69, 9.17) is 0 Å². The van der Waals surface area contributed by atoms with E-state index in [1.54, 1.807) is 6.08 Å². The van der Waals surface area contributed by atoms with Crippen molar-refractivity contribution >= 4 is 11.6 Å². The molecule has 0 aliphatic heterocycles. The van der Waals surface area contributed by atoms with Crippen molar-refractivity contribution in [3.63, 3.8) is 0 Å². The molecule has 0 bridgehead atoms. The van der Waals surface area contributed by atoms with Crippen molar-refractivity contribution in [2.45, 2.75) is 32.1 Å². The van der Waals surface area contributed by atoms with E-state index in [0.29, 0.717) is 6.54 Å². The fraction of sp³-hybridized carbons (Fsp3) is 0.438. The summed E-state index contributed by atoms with van der Waals surface area (Å²) < 4.78 is 0. The van der Waals surface area contributed by atoms with Crippen LogP contribution in [0, 0.1) is 5.92 Å². The van der Waals surface area contributed by atoms with Crippen molar-refractivity contribution in [3.05, 3.63) is 43.0 Å². The first kappa shape index (κ1) is 12.9. The van der Waals surface area contributed by atoms with Gasteiger partial charge >= 0.3 is 0 Å². The Morgan fingerprint density at radius 1 is 1.22 bits per heavy atom. The first-order chi connectivity index (χ1) is 8.83. The Bertz CT molecular complexity index is 393. The topological polar surface area (TPSA) is 20.3 Å². The molecule has 0 radical (unpaired) electrons. The summed E-state index contributed by atoms with van der Waals surface area (Å²) >= 11 is 0. The molecule has 2 heteroatoms. The zero-order valence-corrected chi connectivity index (χ0v) is 10.8. The lowest BCUT2D eigenvalue weighted by Gasteiger charge is -2.28. The normalized spacial score (nSPS) is 16.2. The number of rotatable bonds is 4. The van der Waals surface area contributed by atoms with Gasteiger partial charge < -0.3 is 4.90 Å². The highest BCUT2D eigenvalue weighted by atomic mass is 16.2. The molecule has 0 spiro atoms. The molecule has 1 aromatic rings. The lowest BCUT2D eigenvalue weighted by atomic mass is 9.88. The van der Waals surface area contributed by atoms with Crippen LogP contribution in [0.3, 0.4) is 0 Å². The number of carbonyl (C=O) groups is 1. The van der Waals surface area contributed by atoms with Gasteiger partial charge in [0.2, 0.25) is 5.91 Å². The highest BCUT2D eigenvalue weighted by Gasteiger charge is 2.26. The maximum absolute atomic E-state index is 12.6. The molecule has 0 N–H and O–H groups in total. The largest absolute Gasteiger partial charge is 0.308 e. The number of hydrogen-bond donors (Lipinski definition) is 0. The summed E-state index contributed by atoms with van der Waals surface area (Å²) in [4.78, 5) is 14.4. The van der Waals surface area contributed by atoms with Gasteiger partial charge in [0.05, 0.1) is 0 Å². The summed E-state index contributed by atoms with van der Waals surface area (Å²) in [5.41, 5.74) is 0.980. The van der Waals surface area contributed by atoms with Gasteiger partial charge in [-0.15, -0.1) is 6.58 Å². The summed E-state index contributed by atoms with van der Waals surface area (Å²) in [7, 11) is 0. The lowest BCUT2D eigenvalue weighted by molar-refractivity contribution is -0.123. The van der Waals surface area contributed by atoms with E-state index in [9.17, 15) is 4.79 Å². The average molecular weight is 243 g/mol. The summed E-state index contributed by atoms with van der Waals surface area (Å²) in [6.45, 7) is 4.36. The van der Waals surface area contributed by atoms with Crippen molar-refractivity contribution < 1.29 is 4.79 Å². The van der Waals surface area contributed by atoms with Crippen molar-refractivity contribution in [2.24, 2.45) is 5.92 Å². The van der Waals surface area contributed by atoms with Gasteiger partial charge in [0.15, 0.2) is 0 Å². The first-order valence-corrected chi connectivity index (χ1v) is 6.80. The van der Waals surface area contributed by atoms with Gasteiger partial charge in [-0.1, -0.05) is 43.5 Å². The molecule has 1 fully saturated rings. The fourth-order valence-corrected chi connectivity index (χ4v) is 2.63. The minimum atomic E-state index is 0.207. The summed E-state index contributed by atoms with van der Waals surface area (Å²) in [5, 5.41) is 0. The predicted molar refractivity (Wildman–Crippen MR) is 75.6 cm³/mol. The van der Waals surface area contributed by atoms with Crippen LogP contribution in [0.15, 0.2) is 43.0 Å². The smallest absolute Gasteiger partial charge is 0.230 e. The second kappa shape index (κ2) is 6.39. The van der Waals surface area contributed by atoms with Crippen molar-refractivity contribution in [2.75, 3.05) is 11.4 Å². The average Bonchev–Trinajstić information content (AvgIpc) is 2.46. The Morgan fingerprint density at radius 2 is 1.89 bits per heavy atom. The maximum Gasteiger partial charge on any atom is 0.230 e. The first-order valence-electron chi connectivity index (χ1n) is 6.80. The minimum Gasteiger partial charge on any atom is -0.308 e. The van der Waals surface area contributed by atoms with E-state index in [-0.39, 0.29) is 11.8 Å². The molecule has 0 atom stereocenters. The number of anilines is 1. The fourth-order valence-electron chi connectivity index (χ4n) is 2.63. The van der Waals surface area contributed by atoms with Crippen LogP contribution in [0.25, 0.3) is 0 Å². The van der Waals surface area contributed by atoms with E-state index in [1.807, 2.05) is 35.2 Å². The van der Waals surface area contributed by atoms with Crippen LogP contribution >= 0.6 is 0 Å². The molecule has 96 valence electrons. The van der Waals surface area contributed by atoms with Crippen LogP contribution in [-0.2, 0) is 4.79 Å². The molecule has 1 amide bonds. The maximum atomic E-state index is 12.6. The Labute approximate surface area is 109 Å². The Morgan fingerprint density at radius 3 is 2.50 bits per heavy atom. The summed E-state index contributed by atoms with van der Waals surface area (Å²) in [6, 6.07) is 9.90. The van der Waals surface area contributed by atoms with Gasteiger partial charge in [-0.05, 0) is 25.0 Å². The van der Waals surface area contributed by atoms with E-state index in [2.05, 4.69) is 6.58 Å². The molecule has 18 heavy (non-hydrogen) atoms. The van der Waals surface area contributed by atoms with Crippen LogP contribution in [0.5, 0.6) is 0 Å². The van der Waals surface area contributed by atoms with Crippen molar-refractivity contribution in [3.8, 4) is 0 Å². The molecule has 1 aliphatic carbocycles. The monoisotopic (exact) mass is 243 g/mol. The van der Waals surface area contributed by atoms with Gasteiger partial charge in [-0.2, -0.15) is 0 Å². The van der Waals surface area contributed by atoms with Gasteiger partial charge in [-0.3, -0.25) is 4.79 Å². The van der Waals surface area contributed by atoms with Crippen LogP contribution in [0.1, 0.15) is 32.1 Å². The molecule has 0 unspecified atom stereocenters. The van der Waals surface area contributed by atoms with Gasteiger partial charge in [-0.25, -0.2) is 0 Å². The van der Waals surface area contributed by atoms with Crippen molar-refractivity contribution in [1.29, 1.82) is 0 Å². The molecule has 0 heterocycles. The standard InChI is InChI=1S/C16H21NO/c1-2-13-17(15-11-7-4-8-12-15)16(18)14-9-5-3-6-10-14/h2,4,7-8,11-12,14H,1,3,5-6,9-10,13H2. The number of benzene rings is 1. The molecule has 1 aliphatic rings. The second-order valence-electron chi connectivity index (χ2n) is 4.91. The number of carbonyl (C=O) groups excluding carboxylic acids is 1. The van der Waals surface area contributed by atoms with Crippen LogP contribution < -0.4 is 4.90 Å². The third kappa shape index (κ3) is 3.00. The number of amides is 1. The second-order valence-corrected chi connectivity index (χ2v) is 4.91. The third-order valence-corrected chi connectivity index (χ3v) is 3.60. The van der Waals surface area contributed by atoms with E-state index < -0.39 is 0 Å². The van der Waals surface area contributed by atoms with E-state index in [0.717, 1.165) is 18.5 Å². The Hall–Kier alpha value is -1.57. The van der Waals surface area contributed by atoms with Gasteiger partial charge in [0.25, 0.3) is 0 Å². The zero-order valence-electron chi connectivity index (χ0n) is 10.8. The number of nitrogens with zero attached hydrogens (tertiary/aromatic N) is 1. The number of para-hydroxylation sites is 1. The zero-order chi connectivity index (χ0) is 12.8.